The van der Waals surface area contributed by atoms with Gasteiger partial charge in [-0.2, -0.15) is 0 Å². The molecule has 2 aromatic heterocycles. The van der Waals surface area contributed by atoms with Crippen molar-refractivity contribution in [1.82, 2.24) is 0 Å². The third kappa shape index (κ3) is 5.93. The first-order valence-corrected chi connectivity index (χ1v) is 24.1. The Balaban J connectivity index is 0.882. The van der Waals surface area contributed by atoms with Gasteiger partial charge in [-0.3, -0.25) is 0 Å². The molecule has 0 spiro atoms. The summed E-state index contributed by atoms with van der Waals surface area (Å²) in [5.41, 5.74) is 24.2. The molecule has 0 bridgehead atoms. The van der Waals surface area contributed by atoms with Gasteiger partial charge in [0.25, 0.3) is 0 Å². The van der Waals surface area contributed by atoms with Crippen molar-refractivity contribution in [3.63, 3.8) is 0 Å². The summed E-state index contributed by atoms with van der Waals surface area (Å²) in [6.07, 6.45) is 0. The first-order valence-electron chi connectivity index (χ1n) is 24.1. The normalized spacial score (nSPS) is 14.0. The second kappa shape index (κ2) is 14.6. The van der Waals surface area contributed by atoms with E-state index >= 15 is 0 Å². The third-order valence-corrected chi connectivity index (χ3v) is 15.5. The van der Waals surface area contributed by atoms with Gasteiger partial charge in [-0.25, -0.2) is 0 Å². The topological polar surface area (TPSA) is 29.5 Å². The average molecular weight is 886 g/mol. The average Bonchev–Trinajstić information content (AvgIpc) is 4.09. The zero-order valence-corrected chi connectivity index (χ0v) is 39.0. The molecule has 2 heterocycles. The zero-order valence-electron chi connectivity index (χ0n) is 39.0. The van der Waals surface area contributed by atoms with E-state index in [2.05, 4.69) is 227 Å². The van der Waals surface area contributed by atoms with Gasteiger partial charge in [0, 0.05) is 55.0 Å². The van der Waals surface area contributed by atoms with Gasteiger partial charge in [0.2, 0.25) is 0 Å². The molecule has 3 nitrogen and oxygen atoms in total. The lowest BCUT2D eigenvalue weighted by Gasteiger charge is -2.30. The Morgan fingerprint density at radius 3 is 1.41 bits per heavy atom. The highest BCUT2D eigenvalue weighted by Crippen LogP contribution is 2.54. The molecule has 0 fully saturated rings. The van der Waals surface area contributed by atoms with Crippen molar-refractivity contribution < 1.29 is 8.83 Å². The highest BCUT2D eigenvalue weighted by Gasteiger charge is 2.38. The van der Waals surface area contributed by atoms with E-state index in [-0.39, 0.29) is 10.8 Å². The number of hydrogen-bond acceptors (Lipinski definition) is 3. The summed E-state index contributed by atoms with van der Waals surface area (Å²) in [6.45, 7) is 9.52. The molecule has 0 unspecified atom stereocenters. The molecule has 14 rings (SSSR count). The van der Waals surface area contributed by atoms with Crippen molar-refractivity contribution in [3.8, 4) is 55.6 Å². The summed E-state index contributed by atoms with van der Waals surface area (Å²) in [5, 5.41) is 4.56. The van der Waals surface area contributed by atoms with Crippen LogP contribution in [0.1, 0.15) is 49.9 Å². The van der Waals surface area contributed by atoms with Gasteiger partial charge >= 0.3 is 0 Å². The van der Waals surface area contributed by atoms with Crippen LogP contribution in [0.3, 0.4) is 0 Å². The van der Waals surface area contributed by atoms with E-state index in [1.165, 1.54) is 61.2 Å². The van der Waals surface area contributed by atoms with Gasteiger partial charge in [0.05, 0.1) is 0 Å². The van der Waals surface area contributed by atoms with Gasteiger partial charge in [-0.05, 0) is 145 Å². The first kappa shape index (κ1) is 39.7. The molecule has 0 N–H and O–H groups in total. The largest absolute Gasteiger partial charge is 0.456 e. The Kier molecular flexibility index (Phi) is 8.38. The lowest BCUT2D eigenvalue weighted by atomic mass is 9.81. The highest BCUT2D eigenvalue weighted by molar-refractivity contribution is 6.10. The Bertz CT molecular complexity index is 4070. The smallest absolute Gasteiger partial charge is 0.143 e. The SMILES string of the molecule is CC1(C)c2cc(-c3ccccc3)ccc2-c2ccc(N(c3ccc(-c4ccc5oc6ccccc6c5c4)cc3)c3ccc4c(c3)C(C)(C)c3cc(-c5cccc6c5oc5ccccc56)ccc3-4)cc21. The number of para-hydroxylation sites is 3. The van der Waals surface area contributed by atoms with Crippen LogP contribution in [0.4, 0.5) is 17.1 Å². The number of rotatable bonds is 6. The summed E-state index contributed by atoms with van der Waals surface area (Å²) in [5.74, 6) is 0. The van der Waals surface area contributed by atoms with Gasteiger partial charge in [-0.15, -0.1) is 0 Å². The molecule has 2 aliphatic carbocycles. The minimum atomic E-state index is -0.262. The summed E-state index contributed by atoms with van der Waals surface area (Å²) in [6, 6.07) is 77.7. The number of hydrogen-bond donors (Lipinski definition) is 0. The fourth-order valence-electron chi connectivity index (χ4n) is 11.8. The molecule has 0 aliphatic heterocycles. The van der Waals surface area contributed by atoms with Crippen LogP contribution >= 0.6 is 0 Å². The molecule has 0 saturated carbocycles. The van der Waals surface area contributed by atoms with E-state index in [1.54, 1.807) is 0 Å². The molecular weight excluding hydrogens is 839 g/mol. The lowest BCUT2D eigenvalue weighted by molar-refractivity contribution is 0.660. The third-order valence-electron chi connectivity index (χ3n) is 15.5. The van der Waals surface area contributed by atoms with Gasteiger partial charge < -0.3 is 13.7 Å². The fourth-order valence-corrected chi connectivity index (χ4v) is 11.8. The molecule has 2 aliphatic rings. The maximum Gasteiger partial charge on any atom is 0.143 e. The maximum atomic E-state index is 6.53. The number of fused-ring (bicyclic) bond motifs is 12. The van der Waals surface area contributed by atoms with Crippen molar-refractivity contribution >= 4 is 60.9 Å². The van der Waals surface area contributed by atoms with Crippen LogP contribution in [0.2, 0.25) is 0 Å². The summed E-state index contributed by atoms with van der Waals surface area (Å²) in [4.78, 5) is 2.46. The van der Waals surface area contributed by atoms with Crippen LogP contribution in [-0.2, 0) is 10.8 Å². The van der Waals surface area contributed by atoms with E-state index < -0.39 is 0 Å². The fraction of sp³-hybridized carbons (Fsp3) is 0.0909. The minimum Gasteiger partial charge on any atom is -0.456 e. The van der Waals surface area contributed by atoms with Crippen LogP contribution < -0.4 is 4.90 Å². The van der Waals surface area contributed by atoms with Crippen LogP contribution in [0, 0.1) is 0 Å². The number of benzene rings is 10. The summed E-state index contributed by atoms with van der Waals surface area (Å²) < 4.78 is 12.7. The van der Waals surface area contributed by atoms with E-state index in [0.717, 1.165) is 77.6 Å². The molecule has 0 radical (unpaired) electrons. The number of furan rings is 2. The van der Waals surface area contributed by atoms with Crippen molar-refractivity contribution in [2.45, 2.75) is 38.5 Å². The molecule has 10 aromatic carbocycles. The lowest BCUT2D eigenvalue weighted by Crippen LogP contribution is -2.18. The molecule has 0 amide bonds. The molecule has 3 heteroatoms. The standard InChI is InChI=1S/C66H47NO2/c1-65(2)57-36-43(40-13-6-5-7-14-40)23-30-49(57)51-32-28-46(38-59(51)65)67(45-26-21-41(22-27-45)42-25-34-63-56(35-42)54-16-9-10-19-61(54)68-63)47-29-33-52-50-31-24-44(37-58(50)66(3,4)60(52)39-47)48-17-12-18-55-53-15-8-11-20-62(53)69-64(48)55/h5-39H,1-4H3. The first-order chi connectivity index (χ1) is 33.7. The Morgan fingerprint density at radius 2 is 0.739 bits per heavy atom. The Hall–Kier alpha value is -8.40. The van der Waals surface area contributed by atoms with Gasteiger partial charge in [-0.1, -0.05) is 167 Å². The van der Waals surface area contributed by atoms with E-state index in [4.69, 9.17) is 8.83 Å². The predicted octanol–water partition coefficient (Wildman–Crippen LogP) is 18.6. The Morgan fingerprint density at radius 1 is 0.290 bits per heavy atom. The molecule has 328 valence electrons. The second-order valence-electron chi connectivity index (χ2n) is 20.1. The van der Waals surface area contributed by atoms with Gasteiger partial charge in [0.1, 0.15) is 22.3 Å². The van der Waals surface area contributed by atoms with Crippen molar-refractivity contribution in [3.05, 3.63) is 235 Å². The highest BCUT2D eigenvalue weighted by atomic mass is 16.3. The molecule has 69 heavy (non-hydrogen) atoms. The van der Waals surface area contributed by atoms with E-state index in [1.807, 2.05) is 18.2 Å². The zero-order chi connectivity index (χ0) is 46.2. The number of nitrogens with zero attached hydrogens (tertiary/aromatic N) is 1. The molecule has 0 atom stereocenters. The second-order valence-corrected chi connectivity index (χ2v) is 20.1. The quantitative estimate of drug-likeness (QED) is 0.167. The van der Waals surface area contributed by atoms with E-state index in [0.29, 0.717) is 0 Å². The summed E-state index contributed by atoms with van der Waals surface area (Å²) in [7, 11) is 0. The Labute approximate surface area is 401 Å². The van der Waals surface area contributed by atoms with E-state index in [9.17, 15) is 0 Å². The maximum absolute atomic E-state index is 6.53. The predicted molar refractivity (Wildman–Crippen MR) is 287 cm³/mol. The summed E-state index contributed by atoms with van der Waals surface area (Å²) >= 11 is 0. The van der Waals surface area contributed by atoms with Gasteiger partial charge in [0.15, 0.2) is 0 Å². The van der Waals surface area contributed by atoms with Crippen molar-refractivity contribution in [2.24, 2.45) is 0 Å². The molecule has 0 saturated heterocycles. The monoisotopic (exact) mass is 885 g/mol. The van der Waals surface area contributed by atoms with Crippen molar-refractivity contribution in [2.75, 3.05) is 4.90 Å². The van der Waals surface area contributed by atoms with Crippen LogP contribution in [-0.4, -0.2) is 0 Å². The molecule has 12 aromatic rings. The minimum absolute atomic E-state index is 0.205. The molecular formula is C66H47NO2. The van der Waals surface area contributed by atoms with Crippen molar-refractivity contribution in [1.29, 1.82) is 0 Å². The van der Waals surface area contributed by atoms with Crippen LogP contribution in [0.15, 0.2) is 221 Å². The van der Waals surface area contributed by atoms with Crippen LogP contribution in [0.25, 0.3) is 99.5 Å². The number of anilines is 3. The van der Waals surface area contributed by atoms with Crippen LogP contribution in [0.5, 0.6) is 0 Å².